The summed E-state index contributed by atoms with van der Waals surface area (Å²) >= 11 is 0. The van der Waals surface area contributed by atoms with Gasteiger partial charge in [0.25, 0.3) is 0 Å². The van der Waals surface area contributed by atoms with Crippen LogP contribution >= 0.6 is 0 Å². The Morgan fingerprint density at radius 3 is 2.22 bits per heavy atom. The fourth-order valence-electron chi connectivity index (χ4n) is 3.30. The summed E-state index contributed by atoms with van der Waals surface area (Å²) in [7, 11) is 1.61. The average molecular weight is 363 g/mol. The van der Waals surface area contributed by atoms with Gasteiger partial charge in [0, 0.05) is 30.6 Å². The van der Waals surface area contributed by atoms with Gasteiger partial charge in [0.2, 0.25) is 5.91 Å². The van der Waals surface area contributed by atoms with Crippen LogP contribution in [0.1, 0.15) is 34.3 Å². The second-order valence-electron chi connectivity index (χ2n) is 6.94. The Balaban J connectivity index is 1.53. The molecule has 3 rings (SSSR count). The maximum atomic E-state index is 12.7. The standard InChI is InChI=1S/C23H25NO3/c1-17-3-5-18(6-4-17)7-12-22(25)24-15-13-20(14-16-24)23(26)19-8-10-21(27-2)11-9-19/h3-12,20H,13-16H2,1-2H3. The van der Waals surface area contributed by atoms with Gasteiger partial charge < -0.3 is 9.64 Å². The van der Waals surface area contributed by atoms with Crippen molar-refractivity contribution in [2.24, 2.45) is 5.92 Å². The molecule has 0 aromatic heterocycles. The monoisotopic (exact) mass is 363 g/mol. The van der Waals surface area contributed by atoms with Crippen molar-refractivity contribution in [2.45, 2.75) is 19.8 Å². The van der Waals surface area contributed by atoms with Gasteiger partial charge >= 0.3 is 0 Å². The van der Waals surface area contributed by atoms with Crippen LogP contribution < -0.4 is 4.74 Å². The van der Waals surface area contributed by atoms with Crippen LogP contribution in [0.2, 0.25) is 0 Å². The minimum Gasteiger partial charge on any atom is -0.497 e. The molecule has 1 amide bonds. The highest BCUT2D eigenvalue weighted by atomic mass is 16.5. The number of hydrogen-bond donors (Lipinski definition) is 0. The zero-order chi connectivity index (χ0) is 19.2. The lowest BCUT2D eigenvalue weighted by atomic mass is 9.89. The third-order valence-electron chi connectivity index (χ3n) is 5.05. The molecule has 1 saturated heterocycles. The van der Waals surface area contributed by atoms with E-state index >= 15 is 0 Å². The van der Waals surface area contributed by atoms with Crippen molar-refractivity contribution in [3.63, 3.8) is 0 Å². The molecule has 0 N–H and O–H groups in total. The third kappa shape index (κ3) is 4.85. The van der Waals surface area contributed by atoms with Gasteiger partial charge in [-0.15, -0.1) is 0 Å². The molecule has 0 atom stereocenters. The molecule has 2 aromatic rings. The molecule has 4 heteroatoms. The Kier molecular flexibility index (Phi) is 6.07. The highest BCUT2D eigenvalue weighted by molar-refractivity contribution is 5.98. The number of aryl methyl sites for hydroxylation is 1. The van der Waals surface area contributed by atoms with Crippen LogP contribution in [0.4, 0.5) is 0 Å². The minimum atomic E-state index is -0.0245. The van der Waals surface area contributed by atoms with Crippen LogP contribution in [-0.4, -0.2) is 36.8 Å². The van der Waals surface area contributed by atoms with E-state index in [1.165, 1.54) is 5.56 Å². The Morgan fingerprint density at radius 2 is 1.63 bits per heavy atom. The molecular weight excluding hydrogens is 338 g/mol. The number of ether oxygens (including phenoxy) is 1. The van der Waals surface area contributed by atoms with Crippen LogP contribution in [0, 0.1) is 12.8 Å². The van der Waals surface area contributed by atoms with Crippen LogP contribution in [-0.2, 0) is 4.79 Å². The molecule has 0 bridgehead atoms. The van der Waals surface area contributed by atoms with E-state index in [2.05, 4.69) is 0 Å². The second-order valence-corrected chi connectivity index (χ2v) is 6.94. The number of nitrogens with zero attached hydrogens (tertiary/aromatic N) is 1. The molecule has 1 heterocycles. The SMILES string of the molecule is COc1ccc(C(=O)C2CCN(C(=O)C=Cc3ccc(C)cc3)CC2)cc1. The Morgan fingerprint density at radius 1 is 1.00 bits per heavy atom. The summed E-state index contributed by atoms with van der Waals surface area (Å²) in [4.78, 5) is 26.9. The molecule has 0 spiro atoms. The number of likely N-dealkylation sites (tertiary alicyclic amines) is 1. The zero-order valence-corrected chi connectivity index (χ0v) is 15.9. The number of benzene rings is 2. The predicted molar refractivity (Wildman–Crippen MR) is 107 cm³/mol. The van der Waals surface area contributed by atoms with Gasteiger partial charge in [-0.25, -0.2) is 0 Å². The summed E-state index contributed by atoms with van der Waals surface area (Å²) < 4.78 is 5.13. The molecule has 0 aliphatic carbocycles. The highest BCUT2D eigenvalue weighted by Gasteiger charge is 2.27. The van der Waals surface area contributed by atoms with Crippen LogP contribution in [0.15, 0.2) is 54.6 Å². The van der Waals surface area contributed by atoms with Gasteiger partial charge in [-0.05, 0) is 55.7 Å². The summed E-state index contributed by atoms with van der Waals surface area (Å²) in [5.74, 6) is 0.877. The molecule has 1 fully saturated rings. The summed E-state index contributed by atoms with van der Waals surface area (Å²) in [5, 5.41) is 0. The molecule has 27 heavy (non-hydrogen) atoms. The van der Waals surface area contributed by atoms with E-state index in [0.717, 1.165) is 11.3 Å². The molecule has 4 nitrogen and oxygen atoms in total. The van der Waals surface area contributed by atoms with Crippen molar-refractivity contribution in [3.8, 4) is 5.75 Å². The van der Waals surface area contributed by atoms with Crippen LogP contribution in [0.5, 0.6) is 5.75 Å². The van der Waals surface area contributed by atoms with Gasteiger partial charge in [-0.2, -0.15) is 0 Å². The number of Topliss-reactive ketones (excluding diaryl/α,β-unsaturated/α-hetero) is 1. The van der Waals surface area contributed by atoms with Crippen LogP contribution in [0.3, 0.4) is 0 Å². The van der Waals surface area contributed by atoms with Gasteiger partial charge in [0.05, 0.1) is 7.11 Å². The molecule has 2 aromatic carbocycles. The van der Waals surface area contributed by atoms with Crippen molar-refractivity contribution in [1.82, 2.24) is 4.90 Å². The molecule has 0 saturated carbocycles. The van der Waals surface area contributed by atoms with Gasteiger partial charge in [-0.1, -0.05) is 29.8 Å². The number of carbonyl (C=O) groups excluding carboxylic acids is 2. The highest BCUT2D eigenvalue weighted by Crippen LogP contribution is 2.23. The maximum absolute atomic E-state index is 12.7. The van der Waals surface area contributed by atoms with E-state index in [0.29, 0.717) is 31.5 Å². The first-order chi connectivity index (χ1) is 13.1. The largest absolute Gasteiger partial charge is 0.497 e. The van der Waals surface area contributed by atoms with E-state index in [1.54, 1.807) is 13.2 Å². The number of methoxy groups -OCH3 is 1. The van der Waals surface area contributed by atoms with Crippen LogP contribution in [0.25, 0.3) is 6.08 Å². The number of ketones is 1. The number of hydrogen-bond acceptors (Lipinski definition) is 3. The lowest BCUT2D eigenvalue weighted by molar-refractivity contribution is -0.127. The molecule has 140 valence electrons. The Bertz CT molecular complexity index is 814. The van der Waals surface area contributed by atoms with Crippen molar-refractivity contribution in [1.29, 1.82) is 0 Å². The predicted octanol–water partition coefficient (Wildman–Crippen LogP) is 4.14. The smallest absolute Gasteiger partial charge is 0.246 e. The first kappa shape index (κ1) is 18.9. The first-order valence-corrected chi connectivity index (χ1v) is 9.29. The lowest BCUT2D eigenvalue weighted by Gasteiger charge is -2.30. The van der Waals surface area contributed by atoms with Crippen molar-refractivity contribution >= 4 is 17.8 Å². The number of carbonyl (C=O) groups is 2. The lowest BCUT2D eigenvalue weighted by Crippen LogP contribution is -2.39. The fourth-order valence-corrected chi connectivity index (χ4v) is 3.30. The summed E-state index contributed by atoms with van der Waals surface area (Å²) in [6.07, 6.45) is 4.87. The zero-order valence-electron chi connectivity index (χ0n) is 15.9. The van der Waals surface area contributed by atoms with E-state index < -0.39 is 0 Å². The van der Waals surface area contributed by atoms with Crippen molar-refractivity contribution < 1.29 is 14.3 Å². The summed E-state index contributed by atoms with van der Waals surface area (Å²) in [6, 6.07) is 15.3. The Hall–Kier alpha value is -2.88. The summed E-state index contributed by atoms with van der Waals surface area (Å²) in [6.45, 7) is 3.27. The number of rotatable bonds is 5. The molecular formula is C23H25NO3. The summed E-state index contributed by atoms with van der Waals surface area (Å²) in [5.41, 5.74) is 2.92. The topological polar surface area (TPSA) is 46.6 Å². The molecule has 0 radical (unpaired) electrons. The number of piperidine rings is 1. The maximum Gasteiger partial charge on any atom is 0.246 e. The quantitative estimate of drug-likeness (QED) is 0.592. The third-order valence-corrected chi connectivity index (χ3v) is 5.05. The first-order valence-electron chi connectivity index (χ1n) is 9.29. The van der Waals surface area contributed by atoms with E-state index in [1.807, 2.05) is 66.4 Å². The minimum absolute atomic E-state index is 0.00548. The van der Waals surface area contributed by atoms with Gasteiger partial charge in [-0.3, -0.25) is 9.59 Å². The van der Waals surface area contributed by atoms with E-state index in [-0.39, 0.29) is 17.6 Å². The average Bonchev–Trinajstić information content (AvgIpc) is 2.73. The normalized spacial score (nSPS) is 15.1. The Labute approximate surface area is 160 Å². The fraction of sp³-hybridized carbons (Fsp3) is 0.304. The number of amides is 1. The van der Waals surface area contributed by atoms with E-state index in [4.69, 9.17) is 4.74 Å². The second kappa shape index (κ2) is 8.67. The van der Waals surface area contributed by atoms with Crippen molar-refractivity contribution in [2.75, 3.05) is 20.2 Å². The molecule has 0 unspecified atom stereocenters. The van der Waals surface area contributed by atoms with E-state index in [9.17, 15) is 9.59 Å². The van der Waals surface area contributed by atoms with Gasteiger partial charge in [0.1, 0.15) is 5.75 Å². The van der Waals surface area contributed by atoms with Crippen molar-refractivity contribution in [3.05, 3.63) is 71.3 Å². The molecule has 1 aliphatic heterocycles. The molecule has 1 aliphatic rings. The van der Waals surface area contributed by atoms with Gasteiger partial charge in [0.15, 0.2) is 5.78 Å².